The molecule has 1 aromatic heterocycles. The molecule has 3 rings (SSSR count). The minimum atomic E-state index is -0.602. The molecule has 0 spiro atoms. The van der Waals surface area contributed by atoms with Crippen LogP contribution in [0.25, 0.3) is 0 Å². The van der Waals surface area contributed by atoms with Crippen LogP contribution in [0.3, 0.4) is 0 Å². The van der Waals surface area contributed by atoms with E-state index in [4.69, 9.17) is 0 Å². The van der Waals surface area contributed by atoms with Crippen molar-refractivity contribution in [2.75, 3.05) is 32.7 Å². The van der Waals surface area contributed by atoms with Gasteiger partial charge in [-0.25, -0.2) is 8.78 Å². The fraction of sp³-hybridized carbons (Fsp3) is 0.542. The fourth-order valence-electron chi connectivity index (χ4n) is 4.42. The minimum Gasteiger partial charge on any atom is -0.353 e. The Morgan fingerprint density at radius 2 is 2.00 bits per heavy atom. The summed E-state index contributed by atoms with van der Waals surface area (Å²) in [4.78, 5) is 17.1. The number of amides is 1. The zero-order valence-electron chi connectivity index (χ0n) is 18.8. The summed E-state index contributed by atoms with van der Waals surface area (Å²) in [6, 6.07) is 7.19. The summed E-state index contributed by atoms with van der Waals surface area (Å²) in [5.41, 5.74) is 1.30. The first-order valence-corrected chi connectivity index (χ1v) is 11.3. The molecule has 1 aliphatic rings. The van der Waals surface area contributed by atoms with Crippen molar-refractivity contribution in [1.82, 2.24) is 19.7 Å². The van der Waals surface area contributed by atoms with E-state index in [9.17, 15) is 13.6 Å². The molecule has 0 aliphatic carbocycles. The number of rotatable bonds is 10. The summed E-state index contributed by atoms with van der Waals surface area (Å²) in [5.74, 6) is -1.26. The number of benzene rings is 1. The molecule has 0 saturated carbocycles. The number of carbonyl (C=O) groups is 1. The molecule has 7 heteroatoms. The molecule has 2 unspecified atom stereocenters. The van der Waals surface area contributed by atoms with E-state index < -0.39 is 17.7 Å². The van der Waals surface area contributed by atoms with Crippen molar-refractivity contribution in [3.63, 3.8) is 0 Å². The molecule has 31 heavy (non-hydrogen) atoms. The third kappa shape index (κ3) is 5.92. The van der Waals surface area contributed by atoms with Crippen molar-refractivity contribution in [1.29, 1.82) is 0 Å². The summed E-state index contributed by atoms with van der Waals surface area (Å²) in [5, 5.41) is 3.09. The maximum Gasteiger partial charge on any atom is 0.234 e. The highest BCUT2D eigenvalue weighted by molar-refractivity contribution is 5.78. The van der Waals surface area contributed by atoms with Gasteiger partial charge in [-0.1, -0.05) is 19.9 Å². The highest BCUT2D eigenvalue weighted by Crippen LogP contribution is 2.33. The van der Waals surface area contributed by atoms with E-state index in [1.165, 1.54) is 12.1 Å². The Morgan fingerprint density at radius 1 is 1.23 bits per heavy atom. The number of fused-ring (bicyclic) bond motifs is 1. The van der Waals surface area contributed by atoms with Gasteiger partial charge in [0.15, 0.2) is 0 Å². The van der Waals surface area contributed by atoms with Crippen LogP contribution in [0.1, 0.15) is 50.9 Å². The highest BCUT2D eigenvalue weighted by Gasteiger charge is 2.32. The third-order valence-electron chi connectivity index (χ3n) is 6.16. The Hall–Kier alpha value is -2.25. The average Bonchev–Trinajstić information content (AvgIpc) is 3.20. The van der Waals surface area contributed by atoms with Crippen LogP contribution in [0.5, 0.6) is 0 Å². The van der Waals surface area contributed by atoms with Gasteiger partial charge in [0.2, 0.25) is 5.91 Å². The van der Waals surface area contributed by atoms with E-state index in [-0.39, 0.29) is 18.5 Å². The first-order chi connectivity index (χ1) is 14.9. The van der Waals surface area contributed by atoms with E-state index >= 15 is 0 Å². The van der Waals surface area contributed by atoms with Crippen LogP contribution in [0.2, 0.25) is 0 Å². The fourth-order valence-corrected chi connectivity index (χ4v) is 4.42. The van der Waals surface area contributed by atoms with Crippen LogP contribution in [0.4, 0.5) is 8.78 Å². The first kappa shape index (κ1) is 23.4. The van der Waals surface area contributed by atoms with Crippen molar-refractivity contribution in [2.24, 2.45) is 0 Å². The predicted octanol–water partition coefficient (Wildman–Crippen LogP) is 3.80. The first-order valence-electron chi connectivity index (χ1n) is 11.3. The zero-order chi connectivity index (χ0) is 22.4. The number of nitrogens with one attached hydrogen (secondary N) is 1. The standard InChI is InChI=1S/C24H34F2N4O/c1-4-28(5-2)12-6-8-18(3)27-23(31)17-30-15-14-29-13-7-9-22(29)24(30)20-11-10-19(25)16-21(20)26/h7,9-11,13,16,18,24H,4-6,8,12,14-15,17H2,1-3H3,(H,27,31). The Kier molecular flexibility index (Phi) is 8.21. The smallest absolute Gasteiger partial charge is 0.234 e. The molecule has 1 aliphatic heterocycles. The Labute approximate surface area is 184 Å². The lowest BCUT2D eigenvalue weighted by Crippen LogP contribution is -2.46. The van der Waals surface area contributed by atoms with Crippen LogP contribution in [0.15, 0.2) is 36.5 Å². The van der Waals surface area contributed by atoms with Crippen molar-refractivity contribution in [2.45, 2.75) is 52.2 Å². The monoisotopic (exact) mass is 432 g/mol. The number of nitrogens with zero attached hydrogens (tertiary/aromatic N) is 3. The molecule has 0 saturated heterocycles. The van der Waals surface area contributed by atoms with Crippen molar-refractivity contribution >= 4 is 5.91 Å². The van der Waals surface area contributed by atoms with E-state index in [1.807, 2.05) is 30.2 Å². The number of hydrogen-bond donors (Lipinski definition) is 1. The summed E-state index contributed by atoms with van der Waals surface area (Å²) in [6.45, 7) is 11.0. The molecular weight excluding hydrogens is 398 g/mol. The summed E-state index contributed by atoms with van der Waals surface area (Å²) in [6.07, 6.45) is 3.91. The normalized spacial score (nSPS) is 17.5. The van der Waals surface area contributed by atoms with Gasteiger partial charge in [0.05, 0.1) is 12.6 Å². The summed E-state index contributed by atoms with van der Waals surface area (Å²) in [7, 11) is 0. The van der Waals surface area contributed by atoms with E-state index in [1.54, 1.807) is 0 Å². The SMILES string of the molecule is CCN(CC)CCCC(C)NC(=O)CN1CCn2cccc2C1c1ccc(F)cc1F. The van der Waals surface area contributed by atoms with Gasteiger partial charge < -0.3 is 14.8 Å². The lowest BCUT2D eigenvalue weighted by Gasteiger charge is -2.37. The molecular formula is C24H34F2N4O. The molecule has 1 aromatic carbocycles. The molecule has 2 heterocycles. The molecule has 0 fully saturated rings. The van der Waals surface area contributed by atoms with Crippen molar-refractivity contribution < 1.29 is 13.6 Å². The van der Waals surface area contributed by atoms with Gasteiger partial charge in [0, 0.05) is 42.7 Å². The lowest BCUT2D eigenvalue weighted by molar-refractivity contribution is -0.123. The molecule has 0 radical (unpaired) electrons. The van der Waals surface area contributed by atoms with E-state index in [2.05, 4.69) is 28.6 Å². The zero-order valence-corrected chi connectivity index (χ0v) is 18.8. The van der Waals surface area contributed by atoms with Gasteiger partial charge in [-0.2, -0.15) is 0 Å². The van der Waals surface area contributed by atoms with E-state index in [0.29, 0.717) is 12.1 Å². The van der Waals surface area contributed by atoms with Gasteiger partial charge in [-0.3, -0.25) is 9.69 Å². The molecule has 170 valence electrons. The largest absolute Gasteiger partial charge is 0.353 e. The lowest BCUT2D eigenvalue weighted by atomic mass is 9.99. The molecule has 2 aromatic rings. The van der Waals surface area contributed by atoms with Crippen LogP contribution in [-0.4, -0.2) is 59.0 Å². The minimum absolute atomic E-state index is 0.0668. The van der Waals surface area contributed by atoms with Gasteiger partial charge in [-0.05, 0) is 57.6 Å². The van der Waals surface area contributed by atoms with Crippen molar-refractivity contribution in [3.05, 3.63) is 59.4 Å². The van der Waals surface area contributed by atoms with Crippen LogP contribution < -0.4 is 5.32 Å². The average molecular weight is 433 g/mol. The number of hydrogen-bond acceptors (Lipinski definition) is 3. The van der Waals surface area contributed by atoms with Crippen molar-refractivity contribution in [3.8, 4) is 0 Å². The Morgan fingerprint density at radius 3 is 2.71 bits per heavy atom. The van der Waals surface area contributed by atoms with Gasteiger partial charge in [0.1, 0.15) is 11.6 Å². The quantitative estimate of drug-likeness (QED) is 0.621. The molecule has 1 N–H and O–H groups in total. The molecule has 5 nitrogen and oxygen atoms in total. The maximum absolute atomic E-state index is 14.6. The van der Waals surface area contributed by atoms with Gasteiger partial charge >= 0.3 is 0 Å². The van der Waals surface area contributed by atoms with Gasteiger partial charge in [0.25, 0.3) is 0 Å². The summed E-state index contributed by atoms with van der Waals surface area (Å²) < 4.78 is 30.2. The Bertz CT molecular complexity index is 865. The molecule has 2 atom stereocenters. The van der Waals surface area contributed by atoms with Gasteiger partial charge in [-0.15, -0.1) is 0 Å². The molecule has 1 amide bonds. The third-order valence-corrected chi connectivity index (χ3v) is 6.16. The second-order valence-electron chi connectivity index (χ2n) is 8.30. The topological polar surface area (TPSA) is 40.5 Å². The van der Waals surface area contributed by atoms with Crippen LogP contribution >= 0.6 is 0 Å². The second-order valence-corrected chi connectivity index (χ2v) is 8.30. The summed E-state index contributed by atoms with van der Waals surface area (Å²) >= 11 is 0. The van der Waals surface area contributed by atoms with Crippen LogP contribution in [0, 0.1) is 11.6 Å². The van der Waals surface area contributed by atoms with E-state index in [0.717, 1.165) is 50.8 Å². The second kappa shape index (κ2) is 10.9. The number of carbonyl (C=O) groups excluding carboxylic acids is 1. The predicted molar refractivity (Wildman–Crippen MR) is 119 cm³/mol. The maximum atomic E-state index is 14.6. The number of aromatic nitrogens is 1. The highest BCUT2D eigenvalue weighted by atomic mass is 19.1. The number of halogens is 2. The Balaban J connectivity index is 1.64. The van der Waals surface area contributed by atoms with Crippen LogP contribution in [-0.2, 0) is 11.3 Å². The molecule has 0 bridgehead atoms.